The topological polar surface area (TPSA) is 49.8 Å². The number of aromatic hydroxyl groups is 1. The predicted molar refractivity (Wildman–Crippen MR) is 100 cm³/mol. The molecule has 0 fully saturated rings. The van der Waals surface area contributed by atoms with Crippen molar-refractivity contribution in [1.29, 1.82) is 0 Å². The number of phenols is 1. The molecular formula is C21H27NO3. The van der Waals surface area contributed by atoms with Crippen molar-refractivity contribution in [1.82, 2.24) is 4.90 Å². The molecule has 0 aromatic heterocycles. The second-order valence-electron chi connectivity index (χ2n) is 6.64. The molecule has 0 aliphatic rings. The number of hydrogen-bond donors (Lipinski definition) is 1. The highest BCUT2D eigenvalue weighted by Crippen LogP contribution is 2.33. The fourth-order valence-electron chi connectivity index (χ4n) is 2.80. The zero-order valence-electron chi connectivity index (χ0n) is 15.5. The van der Waals surface area contributed by atoms with Crippen LogP contribution in [0.2, 0.25) is 0 Å². The van der Waals surface area contributed by atoms with Crippen molar-refractivity contribution in [3.05, 3.63) is 59.7 Å². The molecule has 0 spiro atoms. The fraction of sp³-hybridized carbons (Fsp3) is 0.381. The van der Waals surface area contributed by atoms with E-state index in [0.29, 0.717) is 18.8 Å². The summed E-state index contributed by atoms with van der Waals surface area (Å²) in [6, 6.07) is 14.8. The lowest BCUT2D eigenvalue weighted by Gasteiger charge is -2.26. The Bertz CT molecular complexity index is 690. The Kier molecular flexibility index (Phi) is 6.07. The van der Waals surface area contributed by atoms with Gasteiger partial charge in [0.1, 0.15) is 11.5 Å². The lowest BCUT2D eigenvalue weighted by atomic mass is 9.78. The molecular weight excluding hydrogens is 314 g/mol. The van der Waals surface area contributed by atoms with Crippen molar-refractivity contribution in [2.24, 2.45) is 0 Å². The molecule has 134 valence electrons. The molecule has 2 aromatic carbocycles. The summed E-state index contributed by atoms with van der Waals surface area (Å²) in [7, 11) is 0. The summed E-state index contributed by atoms with van der Waals surface area (Å²) in [5, 5.41) is 9.46. The molecule has 0 saturated heterocycles. The first-order valence-corrected chi connectivity index (χ1v) is 8.75. The van der Waals surface area contributed by atoms with Crippen LogP contribution in [0.4, 0.5) is 4.79 Å². The highest BCUT2D eigenvalue weighted by Gasteiger charge is 2.23. The van der Waals surface area contributed by atoms with Crippen LogP contribution in [-0.2, 0) is 5.41 Å². The monoisotopic (exact) mass is 341 g/mol. The average Bonchev–Trinajstić information content (AvgIpc) is 2.60. The minimum Gasteiger partial charge on any atom is -0.508 e. The molecule has 0 aliphatic heterocycles. The van der Waals surface area contributed by atoms with E-state index in [1.165, 1.54) is 0 Å². The third-order valence-electron chi connectivity index (χ3n) is 4.50. The molecule has 2 aromatic rings. The molecule has 4 nitrogen and oxygen atoms in total. The van der Waals surface area contributed by atoms with E-state index in [9.17, 15) is 9.90 Å². The second kappa shape index (κ2) is 8.06. The van der Waals surface area contributed by atoms with E-state index in [0.717, 1.165) is 17.5 Å². The van der Waals surface area contributed by atoms with E-state index in [2.05, 4.69) is 13.8 Å². The molecule has 1 amide bonds. The summed E-state index contributed by atoms with van der Waals surface area (Å²) in [5.74, 6) is 0.805. The van der Waals surface area contributed by atoms with E-state index >= 15 is 0 Å². The van der Waals surface area contributed by atoms with Crippen molar-refractivity contribution in [2.75, 3.05) is 13.1 Å². The summed E-state index contributed by atoms with van der Waals surface area (Å²) >= 11 is 0. The van der Waals surface area contributed by atoms with Crippen molar-refractivity contribution >= 4 is 6.09 Å². The van der Waals surface area contributed by atoms with E-state index in [1.807, 2.05) is 50.2 Å². The van der Waals surface area contributed by atoms with E-state index in [-0.39, 0.29) is 17.3 Å². The van der Waals surface area contributed by atoms with Crippen molar-refractivity contribution in [2.45, 2.75) is 39.5 Å². The van der Waals surface area contributed by atoms with Gasteiger partial charge < -0.3 is 14.7 Å². The summed E-state index contributed by atoms with van der Waals surface area (Å²) in [5.41, 5.74) is 2.00. The van der Waals surface area contributed by atoms with Crippen LogP contribution in [0.5, 0.6) is 11.5 Å². The van der Waals surface area contributed by atoms with Crippen LogP contribution in [0.15, 0.2) is 48.5 Å². The summed E-state index contributed by atoms with van der Waals surface area (Å²) < 4.78 is 5.46. The standard InChI is InChI=1S/C21H27NO3/c1-5-15-22(6-2)20(24)25-19-13-9-17(10-14-19)21(3,4)16-7-11-18(23)12-8-16/h7-14,23H,5-6,15H2,1-4H3. The van der Waals surface area contributed by atoms with Gasteiger partial charge in [-0.25, -0.2) is 4.79 Å². The molecule has 4 heteroatoms. The van der Waals surface area contributed by atoms with Gasteiger partial charge in [-0.05, 0) is 48.7 Å². The first-order valence-electron chi connectivity index (χ1n) is 8.75. The third-order valence-corrected chi connectivity index (χ3v) is 4.50. The highest BCUT2D eigenvalue weighted by atomic mass is 16.6. The Morgan fingerprint density at radius 2 is 1.52 bits per heavy atom. The van der Waals surface area contributed by atoms with Crippen molar-refractivity contribution in [3.8, 4) is 11.5 Å². The quantitative estimate of drug-likeness (QED) is 0.809. The number of hydrogen-bond acceptors (Lipinski definition) is 3. The average molecular weight is 341 g/mol. The maximum absolute atomic E-state index is 12.1. The SMILES string of the molecule is CCCN(CC)C(=O)Oc1ccc(C(C)(C)c2ccc(O)cc2)cc1. The number of ether oxygens (including phenoxy) is 1. The first-order chi connectivity index (χ1) is 11.9. The van der Waals surface area contributed by atoms with Gasteiger partial charge in [-0.1, -0.05) is 45.0 Å². The molecule has 0 bridgehead atoms. The minimum absolute atomic E-state index is 0.214. The predicted octanol–water partition coefficient (Wildman–Crippen LogP) is 4.95. The van der Waals surface area contributed by atoms with Gasteiger partial charge in [0.05, 0.1) is 0 Å². The smallest absolute Gasteiger partial charge is 0.415 e. The molecule has 0 saturated carbocycles. The molecule has 0 radical (unpaired) electrons. The number of benzene rings is 2. The lowest BCUT2D eigenvalue weighted by Crippen LogP contribution is -2.34. The van der Waals surface area contributed by atoms with E-state index in [1.54, 1.807) is 17.0 Å². The maximum atomic E-state index is 12.1. The Balaban J connectivity index is 2.13. The van der Waals surface area contributed by atoms with Gasteiger partial charge in [-0.15, -0.1) is 0 Å². The molecule has 0 unspecified atom stereocenters. The highest BCUT2D eigenvalue weighted by molar-refractivity contribution is 5.70. The molecule has 2 rings (SSSR count). The molecule has 25 heavy (non-hydrogen) atoms. The molecule has 1 N–H and O–H groups in total. The van der Waals surface area contributed by atoms with Gasteiger partial charge in [0, 0.05) is 18.5 Å². The minimum atomic E-state index is -0.310. The largest absolute Gasteiger partial charge is 0.508 e. The summed E-state index contributed by atoms with van der Waals surface area (Å²) in [6.07, 6.45) is 0.595. The van der Waals surface area contributed by atoms with Crippen LogP contribution in [0.1, 0.15) is 45.2 Å². The molecule has 0 heterocycles. The number of phenolic OH excluding ortho intramolecular Hbond substituents is 1. The van der Waals surface area contributed by atoms with Crippen molar-refractivity contribution < 1.29 is 14.6 Å². The van der Waals surface area contributed by atoms with Gasteiger partial charge >= 0.3 is 6.09 Å². The van der Waals surface area contributed by atoms with Crippen LogP contribution in [0, 0.1) is 0 Å². The first kappa shape index (κ1) is 18.8. The van der Waals surface area contributed by atoms with Gasteiger partial charge in [-0.3, -0.25) is 0 Å². The van der Waals surface area contributed by atoms with E-state index in [4.69, 9.17) is 4.74 Å². The number of carbonyl (C=O) groups is 1. The molecule has 0 atom stereocenters. The molecule has 0 aliphatic carbocycles. The Hall–Kier alpha value is -2.49. The summed E-state index contributed by atoms with van der Waals surface area (Å²) in [4.78, 5) is 13.8. The van der Waals surface area contributed by atoms with Crippen LogP contribution in [0.3, 0.4) is 0 Å². The second-order valence-corrected chi connectivity index (χ2v) is 6.64. The third kappa shape index (κ3) is 4.53. The fourth-order valence-corrected chi connectivity index (χ4v) is 2.80. The van der Waals surface area contributed by atoms with Crippen LogP contribution >= 0.6 is 0 Å². The normalized spacial score (nSPS) is 11.2. The van der Waals surface area contributed by atoms with Gasteiger partial charge in [0.25, 0.3) is 0 Å². The zero-order valence-corrected chi connectivity index (χ0v) is 15.5. The van der Waals surface area contributed by atoms with Gasteiger partial charge in [-0.2, -0.15) is 0 Å². The maximum Gasteiger partial charge on any atom is 0.415 e. The van der Waals surface area contributed by atoms with Gasteiger partial charge in [0.2, 0.25) is 0 Å². The van der Waals surface area contributed by atoms with E-state index < -0.39 is 0 Å². The van der Waals surface area contributed by atoms with Crippen LogP contribution < -0.4 is 4.74 Å². The van der Waals surface area contributed by atoms with Crippen LogP contribution in [0.25, 0.3) is 0 Å². The Labute approximate surface area is 150 Å². The number of nitrogens with zero attached hydrogens (tertiary/aromatic N) is 1. The number of carbonyl (C=O) groups excluding carboxylic acids is 1. The summed E-state index contributed by atoms with van der Waals surface area (Å²) in [6.45, 7) is 9.57. The van der Waals surface area contributed by atoms with Crippen LogP contribution in [-0.4, -0.2) is 29.2 Å². The lowest BCUT2D eigenvalue weighted by molar-refractivity contribution is 0.155. The van der Waals surface area contributed by atoms with Crippen molar-refractivity contribution in [3.63, 3.8) is 0 Å². The zero-order chi connectivity index (χ0) is 18.4. The van der Waals surface area contributed by atoms with Gasteiger partial charge in [0.15, 0.2) is 0 Å². The Morgan fingerprint density at radius 3 is 2.00 bits per heavy atom. The Morgan fingerprint density at radius 1 is 1.00 bits per heavy atom. The number of rotatable bonds is 6. The number of amides is 1.